The van der Waals surface area contributed by atoms with Crippen molar-refractivity contribution in [1.82, 2.24) is 20.5 Å². The molecular weight excluding hydrogens is 354 g/mol. The third-order valence-electron chi connectivity index (χ3n) is 4.94. The number of benzene rings is 1. The molecular formula is C21H29N5O2. The first-order valence-electron chi connectivity index (χ1n) is 9.53. The number of anilines is 1. The van der Waals surface area contributed by atoms with Crippen molar-refractivity contribution < 1.29 is 9.53 Å². The molecule has 1 aliphatic rings. The summed E-state index contributed by atoms with van der Waals surface area (Å²) in [4.78, 5) is 21.3. The number of aromatic nitrogens is 1. The van der Waals surface area contributed by atoms with Gasteiger partial charge in [-0.3, -0.25) is 0 Å². The average molecular weight is 383 g/mol. The summed E-state index contributed by atoms with van der Waals surface area (Å²) in [6.45, 7) is 3.02. The number of carbonyl (C=O) groups excluding carboxylic acids is 1. The zero-order valence-electron chi connectivity index (χ0n) is 16.8. The van der Waals surface area contributed by atoms with Crippen LogP contribution in [0.4, 0.5) is 10.6 Å². The van der Waals surface area contributed by atoms with Gasteiger partial charge in [-0.05, 0) is 43.9 Å². The van der Waals surface area contributed by atoms with Crippen molar-refractivity contribution in [3.05, 3.63) is 54.2 Å². The Morgan fingerprint density at radius 2 is 2.00 bits per heavy atom. The van der Waals surface area contributed by atoms with Crippen LogP contribution >= 0.6 is 0 Å². The summed E-state index contributed by atoms with van der Waals surface area (Å²) in [5.41, 5.74) is 1.03. The summed E-state index contributed by atoms with van der Waals surface area (Å²) in [6.07, 6.45) is 1.80. The molecule has 2 amide bonds. The lowest BCUT2D eigenvalue weighted by molar-refractivity contribution is 0.230. The van der Waals surface area contributed by atoms with Crippen LogP contribution in [0.25, 0.3) is 0 Å². The monoisotopic (exact) mass is 383 g/mol. The van der Waals surface area contributed by atoms with E-state index in [0.717, 1.165) is 36.8 Å². The molecule has 1 aromatic heterocycles. The third-order valence-corrected chi connectivity index (χ3v) is 4.94. The molecule has 2 heterocycles. The number of nitrogens with one attached hydrogen (secondary N) is 2. The van der Waals surface area contributed by atoms with Crippen molar-refractivity contribution in [3.8, 4) is 5.75 Å². The minimum Gasteiger partial charge on any atom is -0.497 e. The van der Waals surface area contributed by atoms with Crippen LogP contribution in [0.15, 0.2) is 48.7 Å². The fourth-order valence-corrected chi connectivity index (χ4v) is 3.56. The lowest BCUT2D eigenvalue weighted by atomic mass is 10.0. The van der Waals surface area contributed by atoms with E-state index in [1.165, 1.54) is 0 Å². The number of pyridine rings is 1. The van der Waals surface area contributed by atoms with Gasteiger partial charge in [0.25, 0.3) is 0 Å². The van der Waals surface area contributed by atoms with Gasteiger partial charge in [-0.15, -0.1) is 0 Å². The number of nitrogens with zero attached hydrogens (tertiary/aromatic N) is 3. The van der Waals surface area contributed by atoms with Crippen LogP contribution in [0.1, 0.15) is 5.56 Å². The molecule has 0 aliphatic carbocycles. The number of hydrogen-bond donors (Lipinski definition) is 2. The van der Waals surface area contributed by atoms with Crippen LogP contribution in [-0.2, 0) is 6.54 Å². The van der Waals surface area contributed by atoms with Gasteiger partial charge < -0.3 is 25.2 Å². The highest BCUT2D eigenvalue weighted by atomic mass is 16.5. The largest absolute Gasteiger partial charge is 0.497 e. The van der Waals surface area contributed by atoms with Gasteiger partial charge in [-0.2, -0.15) is 0 Å². The van der Waals surface area contributed by atoms with Gasteiger partial charge in [-0.25, -0.2) is 9.78 Å². The highest BCUT2D eigenvalue weighted by Crippen LogP contribution is 2.23. The highest BCUT2D eigenvalue weighted by Gasteiger charge is 2.34. The molecule has 28 heavy (non-hydrogen) atoms. The Morgan fingerprint density at radius 3 is 2.64 bits per heavy atom. The van der Waals surface area contributed by atoms with Crippen molar-refractivity contribution in [3.63, 3.8) is 0 Å². The zero-order valence-corrected chi connectivity index (χ0v) is 16.8. The van der Waals surface area contributed by atoms with Crippen LogP contribution in [0.3, 0.4) is 0 Å². The van der Waals surface area contributed by atoms with Gasteiger partial charge in [-0.1, -0.05) is 18.2 Å². The maximum atomic E-state index is 12.5. The first-order valence-corrected chi connectivity index (χ1v) is 9.53. The minimum atomic E-state index is -0.146. The molecule has 0 radical (unpaired) electrons. The molecule has 1 saturated heterocycles. The van der Waals surface area contributed by atoms with Gasteiger partial charge in [0.1, 0.15) is 11.6 Å². The molecule has 1 aromatic carbocycles. The standard InChI is InChI=1S/C21H29N5O2/c1-25(2)13-17-14-26(20-6-4-5-11-22-20)15-19(17)24-21(27)23-12-16-7-9-18(28-3)10-8-16/h4-11,17,19H,12-15H2,1-3H3,(H2,23,24,27)/t17-,19-/m1/s1. The molecule has 7 nitrogen and oxygen atoms in total. The van der Waals surface area contributed by atoms with E-state index in [-0.39, 0.29) is 12.1 Å². The van der Waals surface area contributed by atoms with Crippen molar-refractivity contribution in [2.45, 2.75) is 12.6 Å². The van der Waals surface area contributed by atoms with Gasteiger partial charge in [0.2, 0.25) is 0 Å². The van der Waals surface area contributed by atoms with Crippen molar-refractivity contribution in [1.29, 1.82) is 0 Å². The summed E-state index contributed by atoms with van der Waals surface area (Å²) >= 11 is 0. The molecule has 2 atom stereocenters. The number of urea groups is 1. The van der Waals surface area contributed by atoms with Crippen molar-refractivity contribution in [2.24, 2.45) is 5.92 Å². The molecule has 2 aromatic rings. The SMILES string of the molecule is COc1ccc(CNC(=O)N[C@@H]2CN(c3ccccn3)C[C@H]2CN(C)C)cc1. The van der Waals surface area contributed by atoms with E-state index < -0.39 is 0 Å². The lowest BCUT2D eigenvalue weighted by Gasteiger charge is -2.22. The number of methoxy groups -OCH3 is 1. The first-order chi connectivity index (χ1) is 13.5. The zero-order chi connectivity index (χ0) is 19.9. The van der Waals surface area contributed by atoms with Crippen LogP contribution in [0.5, 0.6) is 5.75 Å². The van der Waals surface area contributed by atoms with E-state index >= 15 is 0 Å². The predicted molar refractivity (Wildman–Crippen MR) is 111 cm³/mol. The van der Waals surface area contributed by atoms with Gasteiger partial charge in [0.15, 0.2) is 0 Å². The minimum absolute atomic E-state index is 0.0697. The molecule has 3 rings (SSSR count). The predicted octanol–water partition coefficient (Wildman–Crippen LogP) is 1.96. The highest BCUT2D eigenvalue weighted by molar-refractivity contribution is 5.74. The van der Waals surface area contributed by atoms with Crippen LogP contribution in [0, 0.1) is 5.92 Å². The molecule has 0 saturated carbocycles. The number of rotatable bonds is 7. The van der Waals surface area contributed by atoms with Crippen LogP contribution in [-0.4, -0.2) is 62.8 Å². The van der Waals surface area contributed by atoms with E-state index in [4.69, 9.17) is 4.74 Å². The van der Waals surface area contributed by atoms with E-state index in [9.17, 15) is 4.79 Å². The van der Waals surface area contributed by atoms with E-state index in [0.29, 0.717) is 12.5 Å². The topological polar surface area (TPSA) is 69.7 Å². The molecule has 0 unspecified atom stereocenters. The normalized spacial score (nSPS) is 18.9. The molecule has 150 valence electrons. The molecule has 7 heteroatoms. The maximum Gasteiger partial charge on any atom is 0.315 e. The summed E-state index contributed by atoms with van der Waals surface area (Å²) in [7, 11) is 5.76. The summed E-state index contributed by atoms with van der Waals surface area (Å²) < 4.78 is 5.16. The second-order valence-electron chi connectivity index (χ2n) is 7.40. The van der Waals surface area contributed by atoms with E-state index in [1.807, 2.05) is 42.5 Å². The Balaban J connectivity index is 1.57. The maximum absolute atomic E-state index is 12.5. The summed E-state index contributed by atoms with van der Waals surface area (Å²) in [6, 6.07) is 13.5. The number of carbonyl (C=O) groups is 1. The Labute approximate surface area is 166 Å². The quantitative estimate of drug-likeness (QED) is 0.765. The smallest absolute Gasteiger partial charge is 0.315 e. The van der Waals surface area contributed by atoms with Crippen LogP contribution < -0.4 is 20.3 Å². The van der Waals surface area contributed by atoms with Gasteiger partial charge in [0, 0.05) is 38.3 Å². The molecule has 0 spiro atoms. The summed E-state index contributed by atoms with van der Waals surface area (Å²) in [5.74, 6) is 2.10. The third kappa shape index (κ3) is 5.36. The lowest BCUT2D eigenvalue weighted by Crippen LogP contribution is -2.47. The van der Waals surface area contributed by atoms with Gasteiger partial charge in [0.05, 0.1) is 13.2 Å². The van der Waals surface area contributed by atoms with Gasteiger partial charge >= 0.3 is 6.03 Å². The molecule has 1 fully saturated rings. The molecule has 1 aliphatic heterocycles. The number of hydrogen-bond acceptors (Lipinski definition) is 5. The second kappa shape index (κ2) is 9.41. The Kier molecular flexibility index (Phi) is 6.71. The molecule has 0 bridgehead atoms. The first kappa shape index (κ1) is 19.9. The Hall–Kier alpha value is -2.80. The second-order valence-corrected chi connectivity index (χ2v) is 7.40. The molecule has 2 N–H and O–H groups in total. The van der Waals surface area contributed by atoms with Crippen LogP contribution in [0.2, 0.25) is 0 Å². The van der Waals surface area contributed by atoms with Crippen molar-refractivity contribution >= 4 is 11.8 Å². The fourth-order valence-electron chi connectivity index (χ4n) is 3.56. The average Bonchev–Trinajstić information content (AvgIpc) is 3.09. The number of ether oxygens (including phenoxy) is 1. The summed E-state index contributed by atoms with van der Waals surface area (Å²) in [5, 5.41) is 6.11. The van der Waals surface area contributed by atoms with E-state index in [1.54, 1.807) is 13.3 Å². The fraction of sp³-hybridized carbons (Fsp3) is 0.429. The van der Waals surface area contributed by atoms with E-state index in [2.05, 4.69) is 39.5 Å². The van der Waals surface area contributed by atoms with Crippen molar-refractivity contribution in [2.75, 3.05) is 45.7 Å². The number of amides is 2. The Morgan fingerprint density at radius 1 is 1.21 bits per heavy atom. The Bertz CT molecular complexity index is 751.